The SMILES string of the molecule is CCOC(=O)C1=CN(C(=O)c2ccc(Cl)cc2Cl)CCc2c1[nH]c1ccccc21. The topological polar surface area (TPSA) is 62.4 Å². The highest BCUT2D eigenvalue weighted by molar-refractivity contribution is 6.36. The minimum Gasteiger partial charge on any atom is -0.462 e. The molecule has 0 saturated carbocycles. The van der Waals surface area contributed by atoms with E-state index in [1.54, 1.807) is 25.3 Å². The Balaban J connectivity index is 1.80. The minimum atomic E-state index is -0.484. The van der Waals surface area contributed by atoms with E-state index in [1.807, 2.05) is 24.3 Å². The van der Waals surface area contributed by atoms with Gasteiger partial charge in [-0.05, 0) is 43.2 Å². The van der Waals surface area contributed by atoms with Gasteiger partial charge < -0.3 is 14.6 Å². The highest BCUT2D eigenvalue weighted by Crippen LogP contribution is 2.32. The predicted molar refractivity (Wildman–Crippen MR) is 114 cm³/mol. The second-order valence-electron chi connectivity index (χ2n) is 6.66. The Bertz CT molecular complexity index is 1150. The van der Waals surface area contributed by atoms with E-state index >= 15 is 0 Å². The number of fused-ring (bicyclic) bond motifs is 3. The largest absolute Gasteiger partial charge is 0.462 e. The molecule has 4 rings (SSSR count). The highest BCUT2D eigenvalue weighted by atomic mass is 35.5. The first-order chi connectivity index (χ1) is 14.0. The van der Waals surface area contributed by atoms with Gasteiger partial charge in [0.1, 0.15) is 0 Å². The molecule has 2 heterocycles. The predicted octanol–water partition coefficient (Wildman–Crippen LogP) is 5.08. The van der Waals surface area contributed by atoms with Crippen molar-refractivity contribution in [3.8, 4) is 0 Å². The molecule has 0 spiro atoms. The van der Waals surface area contributed by atoms with Gasteiger partial charge in [0.05, 0.1) is 28.5 Å². The fraction of sp³-hybridized carbons (Fsp3) is 0.182. The van der Waals surface area contributed by atoms with Crippen molar-refractivity contribution in [2.75, 3.05) is 13.2 Å². The van der Waals surface area contributed by atoms with Crippen LogP contribution < -0.4 is 0 Å². The number of rotatable bonds is 3. The van der Waals surface area contributed by atoms with E-state index in [1.165, 1.54) is 11.0 Å². The number of ether oxygens (including phenoxy) is 1. The molecule has 1 aromatic heterocycles. The number of nitrogens with zero attached hydrogens (tertiary/aromatic N) is 1. The van der Waals surface area contributed by atoms with Gasteiger partial charge in [-0.3, -0.25) is 4.79 Å². The van der Waals surface area contributed by atoms with Crippen molar-refractivity contribution in [1.82, 2.24) is 9.88 Å². The summed E-state index contributed by atoms with van der Waals surface area (Å²) in [7, 11) is 0. The monoisotopic (exact) mass is 428 g/mol. The van der Waals surface area contributed by atoms with Gasteiger partial charge >= 0.3 is 5.97 Å². The first-order valence-electron chi connectivity index (χ1n) is 9.24. The summed E-state index contributed by atoms with van der Waals surface area (Å²) >= 11 is 12.2. The van der Waals surface area contributed by atoms with Crippen LogP contribution in [-0.4, -0.2) is 34.9 Å². The Hall–Kier alpha value is -2.76. The summed E-state index contributed by atoms with van der Waals surface area (Å²) in [6.07, 6.45) is 2.13. The summed E-state index contributed by atoms with van der Waals surface area (Å²) < 4.78 is 5.25. The lowest BCUT2D eigenvalue weighted by Gasteiger charge is -2.18. The molecule has 0 bridgehead atoms. The third kappa shape index (κ3) is 3.63. The summed E-state index contributed by atoms with van der Waals surface area (Å²) in [6.45, 7) is 2.38. The van der Waals surface area contributed by atoms with Gasteiger partial charge in [0.15, 0.2) is 0 Å². The molecule has 0 atom stereocenters. The van der Waals surface area contributed by atoms with Crippen molar-refractivity contribution in [2.24, 2.45) is 0 Å². The Kier molecular flexibility index (Phi) is 5.35. The maximum atomic E-state index is 13.1. The molecule has 0 radical (unpaired) electrons. The van der Waals surface area contributed by atoms with Crippen molar-refractivity contribution in [3.05, 3.63) is 75.5 Å². The van der Waals surface area contributed by atoms with Gasteiger partial charge in [0.25, 0.3) is 5.91 Å². The van der Waals surface area contributed by atoms with E-state index in [0.717, 1.165) is 16.5 Å². The first kappa shape index (κ1) is 19.6. The number of aromatic nitrogens is 1. The molecule has 29 heavy (non-hydrogen) atoms. The van der Waals surface area contributed by atoms with Crippen LogP contribution in [-0.2, 0) is 16.0 Å². The number of carbonyl (C=O) groups is 2. The minimum absolute atomic E-state index is 0.239. The van der Waals surface area contributed by atoms with Crippen LogP contribution in [0.1, 0.15) is 28.5 Å². The average Bonchev–Trinajstić information content (AvgIpc) is 2.95. The average molecular weight is 429 g/mol. The maximum Gasteiger partial charge on any atom is 0.341 e. The van der Waals surface area contributed by atoms with Crippen molar-refractivity contribution in [3.63, 3.8) is 0 Å². The smallest absolute Gasteiger partial charge is 0.341 e. The summed E-state index contributed by atoms with van der Waals surface area (Å²) in [6, 6.07) is 12.6. The molecule has 3 aromatic rings. The molecule has 7 heteroatoms. The zero-order valence-corrected chi connectivity index (χ0v) is 17.2. The third-order valence-corrected chi connectivity index (χ3v) is 5.44. The van der Waals surface area contributed by atoms with Gasteiger partial charge in [-0.2, -0.15) is 0 Å². The Morgan fingerprint density at radius 1 is 1.17 bits per heavy atom. The molecule has 0 fully saturated rings. The highest BCUT2D eigenvalue weighted by Gasteiger charge is 2.28. The Morgan fingerprint density at radius 2 is 1.97 bits per heavy atom. The third-order valence-electron chi connectivity index (χ3n) is 4.89. The number of esters is 1. The number of H-pyrrole nitrogens is 1. The molecular weight excluding hydrogens is 411 g/mol. The number of carbonyl (C=O) groups excluding carboxylic acids is 2. The van der Waals surface area contributed by atoms with Crippen molar-refractivity contribution >= 4 is 51.6 Å². The molecule has 148 valence electrons. The van der Waals surface area contributed by atoms with Crippen LogP contribution in [0.25, 0.3) is 16.5 Å². The lowest BCUT2D eigenvalue weighted by molar-refractivity contribution is -0.136. The molecule has 5 nitrogen and oxygen atoms in total. The van der Waals surface area contributed by atoms with Gasteiger partial charge in [-0.1, -0.05) is 41.4 Å². The van der Waals surface area contributed by atoms with Crippen molar-refractivity contribution in [2.45, 2.75) is 13.3 Å². The number of hydrogen-bond acceptors (Lipinski definition) is 3. The molecule has 1 N–H and O–H groups in total. The summed E-state index contributed by atoms with van der Waals surface area (Å²) in [5.74, 6) is -0.787. The maximum absolute atomic E-state index is 13.1. The molecule has 1 aliphatic rings. The quantitative estimate of drug-likeness (QED) is 0.591. The summed E-state index contributed by atoms with van der Waals surface area (Å²) in [4.78, 5) is 30.7. The van der Waals surface area contributed by atoms with Crippen molar-refractivity contribution in [1.29, 1.82) is 0 Å². The van der Waals surface area contributed by atoms with Crippen LogP contribution >= 0.6 is 23.2 Å². The van der Waals surface area contributed by atoms with E-state index in [9.17, 15) is 9.59 Å². The second kappa shape index (κ2) is 7.93. The van der Waals surface area contributed by atoms with Crippen molar-refractivity contribution < 1.29 is 14.3 Å². The molecule has 0 unspecified atom stereocenters. The Labute approximate surface area is 177 Å². The van der Waals surface area contributed by atoms with E-state index in [4.69, 9.17) is 27.9 Å². The number of aromatic amines is 1. The number of nitrogens with one attached hydrogen (secondary N) is 1. The van der Waals surface area contributed by atoms with Gasteiger partial charge in [-0.15, -0.1) is 0 Å². The van der Waals surface area contributed by atoms with Gasteiger partial charge in [0.2, 0.25) is 0 Å². The first-order valence-corrected chi connectivity index (χ1v) is 10.00. The van der Waals surface area contributed by atoms with E-state index in [-0.39, 0.29) is 17.5 Å². The number of hydrogen-bond donors (Lipinski definition) is 1. The zero-order valence-electron chi connectivity index (χ0n) is 15.7. The molecule has 0 aliphatic carbocycles. The molecule has 1 aliphatic heterocycles. The van der Waals surface area contributed by atoms with E-state index in [2.05, 4.69) is 4.98 Å². The van der Waals surface area contributed by atoms with E-state index in [0.29, 0.717) is 34.8 Å². The molecule has 1 amide bonds. The van der Waals surface area contributed by atoms with Crippen LogP contribution in [0.4, 0.5) is 0 Å². The number of para-hydroxylation sites is 1. The van der Waals surface area contributed by atoms with Crippen LogP contribution in [0.2, 0.25) is 10.0 Å². The number of halogens is 2. The van der Waals surface area contributed by atoms with Crippen LogP contribution in [0.3, 0.4) is 0 Å². The molecular formula is C22H18Cl2N2O3. The fourth-order valence-electron chi connectivity index (χ4n) is 3.55. The summed E-state index contributed by atoms with van der Waals surface area (Å²) in [5.41, 5.74) is 3.24. The normalized spacial score (nSPS) is 13.6. The second-order valence-corrected chi connectivity index (χ2v) is 7.50. The van der Waals surface area contributed by atoms with E-state index < -0.39 is 5.97 Å². The van der Waals surface area contributed by atoms with Crippen LogP contribution in [0, 0.1) is 0 Å². The lowest BCUT2D eigenvalue weighted by atomic mass is 10.0. The summed E-state index contributed by atoms with van der Waals surface area (Å²) in [5, 5.41) is 1.74. The van der Waals surface area contributed by atoms with Crippen LogP contribution in [0.5, 0.6) is 0 Å². The zero-order chi connectivity index (χ0) is 20.5. The number of benzene rings is 2. The standard InChI is InChI=1S/C22H18Cl2N2O3/c1-2-29-22(28)17-12-26(21(27)16-8-7-13(23)11-18(16)24)10-9-15-14-5-3-4-6-19(14)25-20(15)17/h3-8,11-12,25H,2,9-10H2,1H3. The fourth-order valence-corrected chi connectivity index (χ4v) is 4.04. The molecule has 2 aromatic carbocycles. The molecule has 0 saturated heterocycles. The Morgan fingerprint density at radius 3 is 2.72 bits per heavy atom. The number of amides is 1. The van der Waals surface area contributed by atoms with Gasteiger partial charge in [-0.25, -0.2) is 4.79 Å². The van der Waals surface area contributed by atoms with Crippen LogP contribution in [0.15, 0.2) is 48.7 Å². The van der Waals surface area contributed by atoms with Gasteiger partial charge in [0, 0.05) is 28.7 Å². The lowest BCUT2D eigenvalue weighted by Crippen LogP contribution is -2.28.